The van der Waals surface area contributed by atoms with E-state index in [4.69, 9.17) is 9.52 Å². The lowest BCUT2D eigenvalue weighted by molar-refractivity contribution is -0.145. The fourth-order valence-corrected chi connectivity index (χ4v) is 2.78. The number of carbonyl (C=O) groups excluding carboxylic acids is 2. The summed E-state index contributed by atoms with van der Waals surface area (Å²) in [6, 6.07) is 1.78. The summed E-state index contributed by atoms with van der Waals surface area (Å²) in [5.41, 5.74) is 0.745. The van der Waals surface area contributed by atoms with E-state index >= 15 is 0 Å². The van der Waals surface area contributed by atoms with Gasteiger partial charge in [0.05, 0.1) is 12.5 Å². The van der Waals surface area contributed by atoms with Crippen LogP contribution in [0.4, 0.5) is 0 Å². The lowest BCUT2D eigenvalue weighted by atomic mass is 9.97. The largest absolute Gasteiger partial charge is 0.481 e. The molecule has 1 aromatic rings. The average Bonchev–Trinajstić information content (AvgIpc) is 2.85. The van der Waals surface area contributed by atoms with Crippen LogP contribution in [-0.4, -0.2) is 59.4 Å². The SMILES string of the molecule is Cc1cc(C)c(C(=O)N(C)CC(=O)N2CCC(C(=O)O)CC2)o1. The number of hydrogen-bond acceptors (Lipinski definition) is 4. The minimum absolute atomic E-state index is 0.0459. The van der Waals surface area contributed by atoms with Gasteiger partial charge in [0.15, 0.2) is 5.76 Å². The van der Waals surface area contributed by atoms with Gasteiger partial charge in [0.25, 0.3) is 5.91 Å². The summed E-state index contributed by atoms with van der Waals surface area (Å²) in [6.07, 6.45) is 0.907. The third-order valence-electron chi connectivity index (χ3n) is 4.15. The van der Waals surface area contributed by atoms with E-state index in [1.54, 1.807) is 31.9 Å². The number of likely N-dealkylation sites (tertiary alicyclic amines) is 1. The number of likely N-dealkylation sites (N-methyl/N-ethyl adjacent to an activating group) is 1. The zero-order valence-corrected chi connectivity index (χ0v) is 13.7. The van der Waals surface area contributed by atoms with Crippen LogP contribution < -0.4 is 0 Å². The molecule has 2 heterocycles. The third kappa shape index (κ3) is 3.91. The number of rotatable bonds is 4. The van der Waals surface area contributed by atoms with Gasteiger partial charge in [0.1, 0.15) is 5.76 Å². The minimum Gasteiger partial charge on any atom is -0.481 e. The first-order valence-corrected chi connectivity index (χ1v) is 7.62. The fraction of sp³-hybridized carbons (Fsp3) is 0.562. The molecule has 0 saturated carbocycles. The highest BCUT2D eigenvalue weighted by molar-refractivity contribution is 5.95. The van der Waals surface area contributed by atoms with Crippen molar-refractivity contribution >= 4 is 17.8 Å². The molecule has 0 unspecified atom stereocenters. The quantitative estimate of drug-likeness (QED) is 0.902. The molecular formula is C16H22N2O5. The first kappa shape index (κ1) is 17.1. The van der Waals surface area contributed by atoms with Crippen LogP contribution in [0.3, 0.4) is 0 Å². The van der Waals surface area contributed by atoms with E-state index in [9.17, 15) is 14.4 Å². The molecule has 0 bridgehead atoms. The van der Waals surface area contributed by atoms with E-state index in [0.717, 1.165) is 5.56 Å². The van der Waals surface area contributed by atoms with Crippen LogP contribution >= 0.6 is 0 Å². The first-order valence-electron chi connectivity index (χ1n) is 7.62. The molecule has 1 fully saturated rings. The van der Waals surface area contributed by atoms with E-state index < -0.39 is 5.97 Å². The predicted octanol–water partition coefficient (Wildman–Crippen LogP) is 1.29. The van der Waals surface area contributed by atoms with Crippen LogP contribution in [0.5, 0.6) is 0 Å². The molecule has 0 spiro atoms. The zero-order chi connectivity index (χ0) is 17.1. The Balaban J connectivity index is 1.91. The van der Waals surface area contributed by atoms with Gasteiger partial charge >= 0.3 is 5.97 Å². The number of carboxylic acid groups (broad SMARTS) is 1. The molecule has 23 heavy (non-hydrogen) atoms. The number of piperidine rings is 1. The Hall–Kier alpha value is -2.31. The van der Waals surface area contributed by atoms with Crippen molar-refractivity contribution in [3.05, 3.63) is 23.2 Å². The Labute approximate surface area is 134 Å². The number of carbonyl (C=O) groups is 3. The van der Waals surface area contributed by atoms with Gasteiger partial charge < -0.3 is 19.3 Å². The zero-order valence-electron chi connectivity index (χ0n) is 13.7. The Bertz CT molecular complexity index is 614. The molecule has 7 nitrogen and oxygen atoms in total. The predicted molar refractivity (Wildman–Crippen MR) is 82.1 cm³/mol. The highest BCUT2D eigenvalue weighted by atomic mass is 16.4. The molecule has 0 radical (unpaired) electrons. The summed E-state index contributed by atoms with van der Waals surface area (Å²) < 4.78 is 5.38. The van der Waals surface area contributed by atoms with E-state index in [2.05, 4.69) is 0 Å². The van der Waals surface area contributed by atoms with Crippen molar-refractivity contribution in [3.63, 3.8) is 0 Å². The minimum atomic E-state index is -0.812. The Morgan fingerprint density at radius 3 is 2.39 bits per heavy atom. The van der Waals surface area contributed by atoms with Gasteiger partial charge in [-0.1, -0.05) is 0 Å². The van der Waals surface area contributed by atoms with Crippen LogP contribution in [0.2, 0.25) is 0 Å². The Morgan fingerprint density at radius 2 is 1.91 bits per heavy atom. The second-order valence-corrected chi connectivity index (χ2v) is 6.02. The van der Waals surface area contributed by atoms with Crippen molar-refractivity contribution in [2.45, 2.75) is 26.7 Å². The van der Waals surface area contributed by atoms with Gasteiger partial charge in [0.2, 0.25) is 5.91 Å². The fourth-order valence-electron chi connectivity index (χ4n) is 2.78. The topological polar surface area (TPSA) is 91.1 Å². The molecule has 7 heteroatoms. The number of aliphatic carboxylic acids is 1. The van der Waals surface area contributed by atoms with E-state index in [1.807, 2.05) is 0 Å². The van der Waals surface area contributed by atoms with Crippen LogP contribution in [0, 0.1) is 19.8 Å². The normalized spacial score (nSPS) is 15.5. The lowest BCUT2D eigenvalue weighted by Crippen LogP contribution is -2.45. The van der Waals surface area contributed by atoms with Crippen molar-refractivity contribution in [2.24, 2.45) is 5.92 Å². The van der Waals surface area contributed by atoms with Gasteiger partial charge in [-0.25, -0.2) is 0 Å². The van der Waals surface area contributed by atoms with E-state index in [1.165, 1.54) is 4.90 Å². The second-order valence-electron chi connectivity index (χ2n) is 6.02. The smallest absolute Gasteiger partial charge is 0.306 e. The van der Waals surface area contributed by atoms with Crippen molar-refractivity contribution in [1.29, 1.82) is 0 Å². The molecule has 1 aliphatic heterocycles. The van der Waals surface area contributed by atoms with Gasteiger partial charge in [-0.05, 0) is 32.8 Å². The highest BCUT2D eigenvalue weighted by Crippen LogP contribution is 2.18. The summed E-state index contributed by atoms with van der Waals surface area (Å²) in [5.74, 6) is -0.793. The number of aryl methyl sites for hydroxylation is 2. The molecule has 0 aliphatic carbocycles. The summed E-state index contributed by atoms with van der Waals surface area (Å²) in [4.78, 5) is 38.5. The maximum Gasteiger partial charge on any atom is 0.306 e. The number of hydrogen-bond donors (Lipinski definition) is 1. The number of carboxylic acids is 1. The Kier molecular flexibility index (Phi) is 5.08. The molecule has 1 N–H and O–H groups in total. The standard InChI is InChI=1S/C16H22N2O5/c1-10-8-11(2)23-14(10)15(20)17(3)9-13(19)18-6-4-12(5-7-18)16(21)22/h8,12H,4-7,9H2,1-3H3,(H,21,22). The Morgan fingerprint density at radius 1 is 1.30 bits per heavy atom. The summed E-state index contributed by atoms with van der Waals surface area (Å²) in [7, 11) is 1.56. The van der Waals surface area contributed by atoms with Gasteiger partial charge in [-0.2, -0.15) is 0 Å². The molecule has 0 aromatic carbocycles. The molecule has 1 aliphatic rings. The molecule has 2 rings (SSSR count). The number of amides is 2. The van der Waals surface area contributed by atoms with Crippen LogP contribution in [0.25, 0.3) is 0 Å². The second kappa shape index (κ2) is 6.85. The van der Waals surface area contributed by atoms with Crippen molar-refractivity contribution < 1.29 is 23.9 Å². The monoisotopic (exact) mass is 322 g/mol. The summed E-state index contributed by atoms with van der Waals surface area (Å²) in [5, 5.41) is 8.97. The lowest BCUT2D eigenvalue weighted by Gasteiger charge is -2.31. The van der Waals surface area contributed by atoms with Gasteiger partial charge in [-0.3, -0.25) is 14.4 Å². The van der Waals surface area contributed by atoms with Gasteiger partial charge in [-0.15, -0.1) is 0 Å². The highest BCUT2D eigenvalue weighted by Gasteiger charge is 2.28. The summed E-state index contributed by atoms with van der Waals surface area (Å²) >= 11 is 0. The maximum atomic E-state index is 12.3. The molecule has 126 valence electrons. The number of nitrogens with zero attached hydrogens (tertiary/aromatic N) is 2. The average molecular weight is 322 g/mol. The maximum absolute atomic E-state index is 12.3. The van der Waals surface area contributed by atoms with Crippen LogP contribution in [-0.2, 0) is 9.59 Å². The molecular weight excluding hydrogens is 300 g/mol. The number of furan rings is 1. The van der Waals surface area contributed by atoms with E-state index in [0.29, 0.717) is 31.7 Å². The van der Waals surface area contributed by atoms with Gasteiger partial charge in [0, 0.05) is 25.7 Å². The van der Waals surface area contributed by atoms with Crippen molar-refractivity contribution in [3.8, 4) is 0 Å². The molecule has 0 atom stereocenters. The summed E-state index contributed by atoms with van der Waals surface area (Å²) in [6.45, 7) is 4.33. The van der Waals surface area contributed by atoms with Crippen LogP contribution in [0.1, 0.15) is 34.7 Å². The molecule has 2 amide bonds. The van der Waals surface area contributed by atoms with Crippen molar-refractivity contribution in [1.82, 2.24) is 9.80 Å². The molecule has 1 aromatic heterocycles. The first-order chi connectivity index (χ1) is 10.8. The van der Waals surface area contributed by atoms with Crippen LogP contribution in [0.15, 0.2) is 10.5 Å². The molecule has 1 saturated heterocycles. The third-order valence-corrected chi connectivity index (χ3v) is 4.15. The van der Waals surface area contributed by atoms with Crippen molar-refractivity contribution in [2.75, 3.05) is 26.7 Å². The van der Waals surface area contributed by atoms with E-state index in [-0.39, 0.29) is 30.0 Å².